The molecule has 0 bridgehead atoms. The first-order valence-electron chi connectivity index (χ1n) is 6.84. The summed E-state index contributed by atoms with van der Waals surface area (Å²) in [7, 11) is 1.78. The van der Waals surface area contributed by atoms with Crippen LogP contribution in [0.15, 0.2) is 29.1 Å². The Labute approximate surface area is 115 Å². The van der Waals surface area contributed by atoms with E-state index in [-0.39, 0.29) is 16.9 Å². The summed E-state index contributed by atoms with van der Waals surface area (Å²) >= 11 is 0. The molecule has 4 rings (SSSR count). The van der Waals surface area contributed by atoms with E-state index in [1.54, 1.807) is 18.0 Å². The number of aromatic amines is 1. The van der Waals surface area contributed by atoms with Crippen molar-refractivity contribution in [3.05, 3.63) is 40.4 Å². The fourth-order valence-corrected chi connectivity index (χ4v) is 2.94. The first kappa shape index (κ1) is 11.6. The minimum absolute atomic E-state index is 0.0358. The van der Waals surface area contributed by atoms with Crippen LogP contribution in [0.4, 0.5) is 0 Å². The molecular weight excluding hydrogens is 254 g/mol. The summed E-state index contributed by atoms with van der Waals surface area (Å²) in [5.41, 5.74) is 0.479. The van der Waals surface area contributed by atoms with Gasteiger partial charge in [0.2, 0.25) is 5.91 Å². The van der Waals surface area contributed by atoms with Gasteiger partial charge in [-0.3, -0.25) is 9.59 Å². The van der Waals surface area contributed by atoms with Crippen LogP contribution in [0.1, 0.15) is 18.7 Å². The van der Waals surface area contributed by atoms with E-state index >= 15 is 0 Å². The number of rotatable bonds is 3. The number of carbonyl (C=O) groups excluding carboxylic acids is 1. The van der Waals surface area contributed by atoms with Crippen LogP contribution in [-0.2, 0) is 11.3 Å². The Morgan fingerprint density at radius 3 is 2.85 bits per heavy atom. The Morgan fingerprint density at radius 2 is 2.15 bits per heavy atom. The van der Waals surface area contributed by atoms with Crippen molar-refractivity contribution in [3.8, 4) is 0 Å². The van der Waals surface area contributed by atoms with Gasteiger partial charge in [-0.05, 0) is 30.9 Å². The lowest BCUT2D eigenvalue weighted by atomic mass is 10.2. The molecule has 1 N–H and O–H groups in total. The normalized spacial score (nSPS) is 26.1. The molecule has 1 heterocycles. The quantitative estimate of drug-likeness (QED) is 0.913. The first-order valence-corrected chi connectivity index (χ1v) is 6.84. The molecule has 1 aromatic heterocycles. The van der Waals surface area contributed by atoms with Gasteiger partial charge in [-0.1, -0.05) is 12.1 Å². The summed E-state index contributed by atoms with van der Waals surface area (Å²) in [6, 6.07) is 7.23. The van der Waals surface area contributed by atoms with Crippen molar-refractivity contribution in [3.63, 3.8) is 0 Å². The lowest BCUT2D eigenvalue weighted by molar-refractivity contribution is -0.134. The Balaban J connectivity index is 1.62. The maximum atomic E-state index is 12.2. The summed E-state index contributed by atoms with van der Waals surface area (Å²) in [6.45, 7) is 0.355. The van der Waals surface area contributed by atoms with Gasteiger partial charge in [0.25, 0.3) is 5.56 Å². The summed E-state index contributed by atoms with van der Waals surface area (Å²) in [6.07, 6.45) is 2.08. The van der Waals surface area contributed by atoms with Gasteiger partial charge in [-0.15, -0.1) is 0 Å². The summed E-state index contributed by atoms with van der Waals surface area (Å²) in [5, 5.41) is 0.577. The fraction of sp³-hybridized carbons (Fsp3) is 0.400. The van der Waals surface area contributed by atoms with Crippen LogP contribution >= 0.6 is 0 Å². The van der Waals surface area contributed by atoms with Gasteiger partial charge in [0.1, 0.15) is 5.82 Å². The van der Waals surface area contributed by atoms with E-state index in [9.17, 15) is 9.59 Å². The van der Waals surface area contributed by atoms with Crippen LogP contribution in [0.3, 0.4) is 0 Å². The zero-order chi connectivity index (χ0) is 13.9. The highest BCUT2D eigenvalue weighted by Gasteiger charge is 2.75. The molecule has 20 heavy (non-hydrogen) atoms. The van der Waals surface area contributed by atoms with Crippen LogP contribution < -0.4 is 5.56 Å². The molecule has 5 nitrogen and oxygen atoms in total. The number of aromatic nitrogens is 2. The standard InChI is InChI=1S/C15H15N3O2/c1-18(14(20)15-6-9(15)7-15)8-12-16-11-5-3-2-4-10(11)13(19)17-12/h2-5,9H,6-8H2,1H3,(H,16,17,19). The summed E-state index contributed by atoms with van der Waals surface area (Å²) in [4.78, 5) is 33.1. The van der Waals surface area contributed by atoms with Crippen molar-refractivity contribution in [2.75, 3.05) is 7.05 Å². The molecule has 2 fully saturated rings. The molecule has 2 aromatic rings. The number of carbonyl (C=O) groups is 1. The third-order valence-corrected chi connectivity index (χ3v) is 4.50. The fourth-order valence-electron chi connectivity index (χ4n) is 2.94. The minimum Gasteiger partial charge on any atom is -0.338 e. The second kappa shape index (κ2) is 3.69. The highest BCUT2D eigenvalue weighted by Crippen LogP contribution is 2.75. The van der Waals surface area contributed by atoms with Gasteiger partial charge in [-0.25, -0.2) is 4.98 Å². The molecular formula is C15H15N3O2. The van der Waals surface area contributed by atoms with E-state index in [2.05, 4.69) is 9.97 Å². The monoisotopic (exact) mass is 269 g/mol. The van der Waals surface area contributed by atoms with Gasteiger partial charge >= 0.3 is 0 Å². The van der Waals surface area contributed by atoms with E-state index in [1.165, 1.54) is 0 Å². The van der Waals surface area contributed by atoms with E-state index in [0.717, 1.165) is 12.8 Å². The molecule has 2 aliphatic rings. The highest BCUT2D eigenvalue weighted by molar-refractivity contribution is 5.89. The Hall–Kier alpha value is -2.17. The second-order valence-electron chi connectivity index (χ2n) is 5.95. The largest absolute Gasteiger partial charge is 0.338 e. The van der Waals surface area contributed by atoms with Crippen molar-refractivity contribution in [1.82, 2.24) is 14.9 Å². The zero-order valence-electron chi connectivity index (χ0n) is 11.2. The molecule has 2 aliphatic carbocycles. The average molecular weight is 269 g/mol. The van der Waals surface area contributed by atoms with E-state index in [1.807, 2.05) is 18.2 Å². The smallest absolute Gasteiger partial charge is 0.258 e. The number of amides is 1. The third kappa shape index (κ3) is 1.59. The summed E-state index contributed by atoms with van der Waals surface area (Å²) < 4.78 is 0. The van der Waals surface area contributed by atoms with Gasteiger partial charge in [-0.2, -0.15) is 0 Å². The van der Waals surface area contributed by atoms with Crippen molar-refractivity contribution in [2.45, 2.75) is 19.4 Å². The molecule has 0 atom stereocenters. The lowest BCUT2D eigenvalue weighted by Crippen LogP contribution is -2.31. The van der Waals surface area contributed by atoms with Crippen molar-refractivity contribution in [1.29, 1.82) is 0 Å². The summed E-state index contributed by atoms with van der Waals surface area (Å²) in [5.74, 6) is 1.36. The van der Waals surface area contributed by atoms with Gasteiger partial charge in [0, 0.05) is 7.05 Å². The van der Waals surface area contributed by atoms with Gasteiger partial charge < -0.3 is 9.88 Å². The van der Waals surface area contributed by atoms with Crippen LogP contribution in [0.25, 0.3) is 10.9 Å². The van der Waals surface area contributed by atoms with Crippen LogP contribution in [0, 0.1) is 11.3 Å². The Morgan fingerprint density at radius 1 is 1.45 bits per heavy atom. The Kier molecular flexibility index (Phi) is 2.14. The SMILES string of the molecule is CN(Cc1nc2ccccc2c(=O)[nH]1)C(=O)C12CC1C2. The first-order chi connectivity index (χ1) is 9.60. The third-order valence-electron chi connectivity index (χ3n) is 4.50. The lowest BCUT2D eigenvalue weighted by Gasteiger charge is -2.18. The number of hydrogen-bond acceptors (Lipinski definition) is 3. The molecule has 1 amide bonds. The van der Waals surface area contributed by atoms with E-state index in [4.69, 9.17) is 0 Å². The molecule has 0 saturated heterocycles. The molecule has 102 valence electrons. The van der Waals surface area contributed by atoms with Crippen LogP contribution in [0.5, 0.6) is 0 Å². The topological polar surface area (TPSA) is 66.1 Å². The molecule has 2 saturated carbocycles. The van der Waals surface area contributed by atoms with Crippen molar-refractivity contribution >= 4 is 16.8 Å². The van der Waals surface area contributed by atoms with E-state index < -0.39 is 0 Å². The zero-order valence-corrected chi connectivity index (χ0v) is 11.2. The number of nitrogens with one attached hydrogen (secondary N) is 1. The minimum atomic E-state index is -0.152. The number of nitrogens with zero attached hydrogens (tertiary/aromatic N) is 2. The molecule has 5 heteroatoms. The highest BCUT2D eigenvalue weighted by atomic mass is 16.2. The van der Waals surface area contributed by atoms with Crippen LogP contribution in [-0.4, -0.2) is 27.8 Å². The Bertz CT molecular complexity index is 774. The molecule has 0 unspecified atom stereocenters. The van der Waals surface area contributed by atoms with Crippen LogP contribution in [0.2, 0.25) is 0 Å². The van der Waals surface area contributed by atoms with Crippen molar-refractivity contribution < 1.29 is 4.79 Å². The molecule has 0 spiro atoms. The maximum Gasteiger partial charge on any atom is 0.258 e. The second-order valence-corrected chi connectivity index (χ2v) is 5.95. The number of H-pyrrole nitrogens is 1. The predicted octanol–water partition coefficient (Wildman–Crippen LogP) is 1.29. The molecule has 1 aromatic carbocycles. The van der Waals surface area contributed by atoms with Crippen molar-refractivity contribution in [2.24, 2.45) is 11.3 Å². The van der Waals surface area contributed by atoms with Gasteiger partial charge in [0.15, 0.2) is 0 Å². The van der Waals surface area contributed by atoms with Gasteiger partial charge in [0.05, 0.1) is 22.9 Å². The van der Waals surface area contributed by atoms with E-state index in [0.29, 0.717) is 29.2 Å². The number of fused-ring (bicyclic) bond motifs is 2. The molecule has 0 aliphatic heterocycles. The maximum absolute atomic E-state index is 12.2. The predicted molar refractivity (Wildman–Crippen MR) is 74.0 cm³/mol. The number of para-hydroxylation sites is 1. The number of hydrogen-bond donors (Lipinski definition) is 1. The average Bonchev–Trinajstić information content (AvgIpc) is 3.27. The molecule has 0 radical (unpaired) electrons. The number of benzene rings is 1.